The zero-order valence-corrected chi connectivity index (χ0v) is 10.7. The predicted octanol–water partition coefficient (Wildman–Crippen LogP) is 1.44. The molecule has 0 N–H and O–H groups in total. The summed E-state index contributed by atoms with van der Waals surface area (Å²) in [6, 6.07) is 8.29. The molecule has 5 heteroatoms. The van der Waals surface area contributed by atoms with Gasteiger partial charge in [-0.15, -0.1) is 0 Å². The molecule has 1 aromatic rings. The number of hydrogen-bond acceptors (Lipinski definition) is 5. The average Bonchev–Trinajstić information content (AvgIpc) is 2.51. The number of nitriles is 2. The Bertz CT molecular complexity index is 484. The predicted molar refractivity (Wildman–Crippen MR) is 68.8 cm³/mol. The van der Waals surface area contributed by atoms with Gasteiger partial charge in [-0.3, -0.25) is 9.88 Å². The van der Waals surface area contributed by atoms with Crippen molar-refractivity contribution in [3.8, 4) is 12.1 Å². The van der Waals surface area contributed by atoms with Crippen molar-refractivity contribution in [3.05, 3.63) is 30.1 Å². The van der Waals surface area contributed by atoms with Gasteiger partial charge < -0.3 is 4.74 Å². The molecule has 19 heavy (non-hydrogen) atoms. The van der Waals surface area contributed by atoms with Crippen LogP contribution in [0.15, 0.2) is 24.5 Å². The van der Waals surface area contributed by atoms with Gasteiger partial charge in [0.05, 0.1) is 25.4 Å². The van der Waals surface area contributed by atoms with Gasteiger partial charge in [0.15, 0.2) is 0 Å². The summed E-state index contributed by atoms with van der Waals surface area (Å²) in [5, 5.41) is 18.6. The van der Waals surface area contributed by atoms with E-state index in [0.29, 0.717) is 39.1 Å². The lowest BCUT2D eigenvalue weighted by Gasteiger charge is -2.40. The lowest BCUT2D eigenvalue weighted by atomic mass is 9.85. The SMILES string of the molecule is N#CCC[C@](C#N)(c1cccnc1)N1CCOCC1. The molecule has 1 fully saturated rings. The molecule has 0 aromatic carbocycles. The van der Waals surface area contributed by atoms with E-state index in [2.05, 4.69) is 22.0 Å². The summed E-state index contributed by atoms with van der Waals surface area (Å²) in [5.74, 6) is 0. The monoisotopic (exact) mass is 256 g/mol. The van der Waals surface area contributed by atoms with E-state index in [1.807, 2.05) is 12.1 Å². The van der Waals surface area contributed by atoms with E-state index in [1.54, 1.807) is 12.4 Å². The minimum atomic E-state index is -0.770. The molecule has 98 valence electrons. The molecule has 0 spiro atoms. The second-order valence-corrected chi connectivity index (χ2v) is 4.47. The van der Waals surface area contributed by atoms with Crippen LogP contribution in [0.25, 0.3) is 0 Å². The molecule has 0 saturated carbocycles. The van der Waals surface area contributed by atoms with E-state index >= 15 is 0 Å². The highest BCUT2D eigenvalue weighted by Crippen LogP contribution is 2.33. The summed E-state index contributed by atoms with van der Waals surface area (Å²) in [5.41, 5.74) is 0.0861. The van der Waals surface area contributed by atoms with E-state index < -0.39 is 5.54 Å². The maximum absolute atomic E-state index is 9.74. The van der Waals surface area contributed by atoms with Crippen LogP contribution in [0, 0.1) is 22.7 Å². The molecule has 0 aliphatic carbocycles. The van der Waals surface area contributed by atoms with Crippen molar-refractivity contribution in [2.75, 3.05) is 26.3 Å². The summed E-state index contributed by atoms with van der Waals surface area (Å²) >= 11 is 0. The van der Waals surface area contributed by atoms with Crippen molar-refractivity contribution in [1.29, 1.82) is 10.5 Å². The normalized spacial score (nSPS) is 19.1. The Morgan fingerprint density at radius 3 is 2.74 bits per heavy atom. The Morgan fingerprint density at radius 1 is 1.37 bits per heavy atom. The molecular weight excluding hydrogens is 240 g/mol. The number of hydrogen-bond donors (Lipinski definition) is 0. The second kappa shape index (κ2) is 6.29. The summed E-state index contributed by atoms with van der Waals surface area (Å²) in [6.45, 7) is 2.65. The molecule has 2 rings (SSSR count). The molecule has 1 aliphatic heterocycles. The van der Waals surface area contributed by atoms with Crippen molar-refractivity contribution in [2.45, 2.75) is 18.4 Å². The zero-order valence-electron chi connectivity index (χ0n) is 10.7. The highest BCUT2D eigenvalue weighted by atomic mass is 16.5. The molecule has 2 heterocycles. The first-order chi connectivity index (χ1) is 9.33. The summed E-state index contributed by atoms with van der Waals surface area (Å²) in [7, 11) is 0. The van der Waals surface area contributed by atoms with E-state index in [-0.39, 0.29) is 0 Å². The number of rotatable bonds is 4. The van der Waals surface area contributed by atoms with Crippen molar-refractivity contribution in [1.82, 2.24) is 9.88 Å². The van der Waals surface area contributed by atoms with Gasteiger partial charge in [-0.2, -0.15) is 10.5 Å². The Kier molecular flexibility index (Phi) is 4.46. The van der Waals surface area contributed by atoms with E-state index in [4.69, 9.17) is 10.00 Å². The lowest BCUT2D eigenvalue weighted by molar-refractivity contribution is -0.00756. The molecular formula is C14H16N4O. The first-order valence-corrected chi connectivity index (χ1v) is 6.35. The maximum atomic E-state index is 9.74. The van der Waals surface area contributed by atoms with Gasteiger partial charge >= 0.3 is 0 Å². The third-order valence-corrected chi connectivity index (χ3v) is 3.47. The average molecular weight is 256 g/mol. The Balaban J connectivity index is 2.36. The maximum Gasteiger partial charge on any atom is 0.137 e. The van der Waals surface area contributed by atoms with Gasteiger partial charge in [0, 0.05) is 37.5 Å². The fourth-order valence-corrected chi connectivity index (χ4v) is 2.47. The van der Waals surface area contributed by atoms with Crippen LogP contribution in [0.3, 0.4) is 0 Å². The van der Waals surface area contributed by atoms with Crippen molar-refractivity contribution >= 4 is 0 Å². The van der Waals surface area contributed by atoms with Crippen LogP contribution >= 0.6 is 0 Å². The quantitative estimate of drug-likeness (QED) is 0.815. The van der Waals surface area contributed by atoms with Crippen LogP contribution in [-0.2, 0) is 10.3 Å². The Hall–Kier alpha value is -1.95. The van der Waals surface area contributed by atoms with E-state index in [1.165, 1.54) is 0 Å². The Labute approximate surface area is 113 Å². The van der Waals surface area contributed by atoms with Crippen molar-refractivity contribution in [2.24, 2.45) is 0 Å². The Morgan fingerprint density at radius 2 is 2.16 bits per heavy atom. The number of aromatic nitrogens is 1. The van der Waals surface area contributed by atoms with Gasteiger partial charge in [-0.05, 0) is 12.5 Å². The standard InChI is InChI=1S/C14H16N4O/c15-5-2-4-14(12-16,13-3-1-6-17-11-13)18-7-9-19-10-8-18/h1,3,6,11H,2,4,7-10H2/t14-/m0/s1. The third kappa shape index (κ3) is 2.73. The van der Waals surface area contributed by atoms with Crippen LogP contribution in [0.2, 0.25) is 0 Å². The molecule has 1 aliphatic rings. The summed E-state index contributed by atoms with van der Waals surface area (Å²) in [6.07, 6.45) is 4.25. The molecule has 0 radical (unpaired) electrons. The van der Waals surface area contributed by atoms with E-state index in [0.717, 1.165) is 5.56 Å². The topological polar surface area (TPSA) is 72.9 Å². The summed E-state index contributed by atoms with van der Waals surface area (Å²) < 4.78 is 5.35. The van der Waals surface area contributed by atoms with Crippen molar-refractivity contribution in [3.63, 3.8) is 0 Å². The third-order valence-electron chi connectivity index (χ3n) is 3.47. The zero-order chi connectivity index (χ0) is 13.6. The summed E-state index contributed by atoms with van der Waals surface area (Å²) in [4.78, 5) is 6.21. The lowest BCUT2D eigenvalue weighted by Crippen LogP contribution is -2.50. The number of nitrogens with zero attached hydrogens (tertiary/aromatic N) is 4. The smallest absolute Gasteiger partial charge is 0.137 e. The highest BCUT2D eigenvalue weighted by Gasteiger charge is 2.39. The van der Waals surface area contributed by atoms with Crippen LogP contribution in [0.5, 0.6) is 0 Å². The van der Waals surface area contributed by atoms with Crippen LogP contribution in [0.1, 0.15) is 18.4 Å². The van der Waals surface area contributed by atoms with Crippen LogP contribution < -0.4 is 0 Å². The molecule has 5 nitrogen and oxygen atoms in total. The van der Waals surface area contributed by atoms with Crippen LogP contribution in [-0.4, -0.2) is 36.2 Å². The molecule has 0 unspecified atom stereocenters. The molecule has 0 amide bonds. The van der Waals surface area contributed by atoms with Gasteiger partial charge in [0.1, 0.15) is 5.54 Å². The first kappa shape index (κ1) is 13.5. The number of morpholine rings is 1. The fourth-order valence-electron chi connectivity index (χ4n) is 2.47. The van der Waals surface area contributed by atoms with Crippen LogP contribution in [0.4, 0.5) is 0 Å². The molecule has 1 aromatic heterocycles. The molecule has 1 atom stereocenters. The first-order valence-electron chi connectivity index (χ1n) is 6.35. The van der Waals surface area contributed by atoms with Crippen molar-refractivity contribution < 1.29 is 4.74 Å². The highest BCUT2D eigenvalue weighted by molar-refractivity contribution is 5.29. The van der Waals surface area contributed by atoms with Gasteiger partial charge in [0.2, 0.25) is 0 Å². The number of ether oxygens (including phenoxy) is 1. The minimum Gasteiger partial charge on any atom is -0.379 e. The largest absolute Gasteiger partial charge is 0.379 e. The second-order valence-electron chi connectivity index (χ2n) is 4.47. The molecule has 1 saturated heterocycles. The number of pyridine rings is 1. The minimum absolute atomic E-state index is 0.347. The fraction of sp³-hybridized carbons (Fsp3) is 0.500. The molecule has 0 bridgehead atoms. The van der Waals surface area contributed by atoms with Gasteiger partial charge in [-0.1, -0.05) is 6.07 Å². The van der Waals surface area contributed by atoms with Gasteiger partial charge in [0.25, 0.3) is 0 Å². The van der Waals surface area contributed by atoms with E-state index in [9.17, 15) is 5.26 Å². The van der Waals surface area contributed by atoms with Gasteiger partial charge in [-0.25, -0.2) is 0 Å².